The lowest BCUT2D eigenvalue weighted by molar-refractivity contribution is -0.131. The third kappa shape index (κ3) is 1.90. The van der Waals surface area contributed by atoms with E-state index >= 15 is 0 Å². The molecule has 0 spiro atoms. The fraction of sp³-hybridized carbons (Fsp3) is 0.400. The first-order valence-electron chi connectivity index (χ1n) is 4.59. The number of hydrogen-bond donors (Lipinski definition) is 1. The van der Waals surface area contributed by atoms with Crippen LogP contribution in [-0.2, 0) is 10.5 Å². The number of carbonyl (C=O) groups excluding carboxylic acids is 1. The molecule has 1 amide bonds. The minimum atomic E-state index is 0.142. The second kappa shape index (κ2) is 4.00. The van der Waals surface area contributed by atoms with Crippen LogP contribution in [0.3, 0.4) is 0 Å². The number of rotatable bonds is 3. The summed E-state index contributed by atoms with van der Waals surface area (Å²) in [7, 11) is 0. The van der Waals surface area contributed by atoms with Gasteiger partial charge in [0.25, 0.3) is 0 Å². The van der Waals surface area contributed by atoms with Crippen LogP contribution in [0.1, 0.15) is 12.6 Å². The Labute approximate surface area is 87.3 Å². The number of hydrogen-bond acceptors (Lipinski definition) is 3. The minimum Gasteiger partial charge on any atom is -0.343 e. The van der Waals surface area contributed by atoms with E-state index in [0.29, 0.717) is 0 Å². The molecule has 1 fully saturated rings. The predicted molar refractivity (Wildman–Crippen MR) is 56.6 cm³/mol. The van der Waals surface area contributed by atoms with Gasteiger partial charge < -0.3 is 5.32 Å². The van der Waals surface area contributed by atoms with E-state index in [4.69, 9.17) is 0 Å². The van der Waals surface area contributed by atoms with E-state index in [1.807, 2.05) is 25.1 Å². The SMILES string of the molecule is CC1C(=O)NC1SCc1ccccn1. The Hall–Kier alpha value is -1.03. The zero-order valence-corrected chi connectivity index (χ0v) is 8.75. The predicted octanol–water partition coefficient (Wildman–Crippen LogP) is 1.41. The summed E-state index contributed by atoms with van der Waals surface area (Å²) in [5.74, 6) is 1.16. The van der Waals surface area contributed by atoms with Crippen molar-refractivity contribution in [2.45, 2.75) is 18.1 Å². The molecule has 0 saturated carbocycles. The number of nitrogens with one attached hydrogen (secondary N) is 1. The molecule has 2 unspecified atom stereocenters. The van der Waals surface area contributed by atoms with Crippen molar-refractivity contribution < 1.29 is 4.79 Å². The van der Waals surface area contributed by atoms with E-state index in [-0.39, 0.29) is 17.2 Å². The lowest BCUT2D eigenvalue weighted by Gasteiger charge is -2.33. The number of aromatic nitrogens is 1. The fourth-order valence-electron chi connectivity index (χ4n) is 1.28. The Morgan fingerprint density at radius 1 is 1.57 bits per heavy atom. The molecule has 14 heavy (non-hydrogen) atoms. The third-order valence-electron chi connectivity index (χ3n) is 2.29. The van der Waals surface area contributed by atoms with E-state index in [0.717, 1.165) is 11.4 Å². The molecule has 1 aromatic rings. The van der Waals surface area contributed by atoms with Crippen molar-refractivity contribution in [3.63, 3.8) is 0 Å². The molecule has 1 aromatic heterocycles. The molecule has 1 saturated heterocycles. The number of nitrogens with zero attached hydrogens (tertiary/aromatic N) is 1. The van der Waals surface area contributed by atoms with E-state index in [1.165, 1.54) is 0 Å². The highest BCUT2D eigenvalue weighted by Crippen LogP contribution is 2.27. The first-order valence-corrected chi connectivity index (χ1v) is 5.64. The quantitative estimate of drug-likeness (QED) is 0.764. The molecule has 74 valence electrons. The van der Waals surface area contributed by atoms with E-state index in [9.17, 15) is 4.79 Å². The Balaban J connectivity index is 1.81. The van der Waals surface area contributed by atoms with Gasteiger partial charge in [0.2, 0.25) is 5.91 Å². The van der Waals surface area contributed by atoms with E-state index in [1.54, 1.807) is 18.0 Å². The number of pyridine rings is 1. The van der Waals surface area contributed by atoms with Crippen molar-refractivity contribution in [3.05, 3.63) is 30.1 Å². The van der Waals surface area contributed by atoms with Gasteiger partial charge in [-0.2, -0.15) is 0 Å². The topological polar surface area (TPSA) is 42.0 Å². The molecule has 2 atom stereocenters. The zero-order valence-electron chi connectivity index (χ0n) is 7.93. The van der Waals surface area contributed by atoms with Crippen LogP contribution >= 0.6 is 11.8 Å². The lowest BCUT2D eigenvalue weighted by Crippen LogP contribution is -2.54. The summed E-state index contributed by atoms with van der Waals surface area (Å²) >= 11 is 1.73. The summed E-state index contributed by atoms with van der Waals surface area (Å²) < 4.78 is 0. The summed E-state index contributed by atoms with van der Waals surface area (Å²) in [6.07, 6.45) is 1.79. The number of thioether (sulfide) groups is 1. The molecule has 1 N–H and O–H groups in total. The molecule has 0 radical (unpaired) electrons. The average molecular weight is 208 g/mol. The molecule has 1 aliphatic heterocycles. The number of amides is 1. The van der Waals surface area contributed by atoms with Crippen LogP contribution in [0.2, 0.25) is 0 Å². The molecule has 2 heterocycles. The summed E-state index contributed by atoms with van der Waals surface area (Å²) in [6, 6.07) is 5.88. The molecular formula is C10H12N2OS. The highest BCUT2D eigenvalue weighted by molar-refractivity contribution is 7.99. The van der Waals surface area contributed by atoms with Gasteiger partial charge in [0, 0.05) is 11.9 Å². The summed E-state index contributed by atoms with van der Waals surface area (Å²) in [5.41, 5.74) is 1.06. The van der Waals surface area contributed by atoms with Crippen molar-refractivity contribution in [2.24, 2.45) is 5.92 Å². The van der Waals surface area contributed by atoms with Gasteiger partial charge in [-0.1, -0.05) is 13.0 Å². The first-order chi connectivity index (χ1) is 6.77. The number of carbonyl (C=O) groups is 1. The molecule has 0 aromatic carbocycles. The Morgan fingerprint density at radius 2 is 2.43 bits per heavy atom. The molecule has 1 aliphatic rings. The molecule has 4 heteroatoms. The van der Waals surface area contributed by atoms with Crippen molar-refractivity contribution in [1.82, 2.24) is 10.3 Å². The van der Waals surface area contributed by atoms with Crippen molar-refractivity contribution in [3.8, 4) is 0 Å². The lowest BCUT2D eigenvalue weighted by atomic mass is 10.1. The summed E-state index contributed by atoms with van der Waals surface area (Å²) in [4.78, 5) is 15.1. The highest BCUT2D eigenvalue weighted by Gasteiger charge is 2.35. The second-order valence-electron chi connectivity index (χ2n) is 3.35. The average Bonchev–Trinajstić information content (AvgIpc) is 2.25. The van der Waals surface area contributed by atoms with Crippen LogP contribution in [0.4, 0.5) is 0 Å². The fourth-order valence-corrected chi connectivity index (χ4v) is 2.42. The first kappa shape index (κ1) is 9.52. The van der Waals surface area contributed by atoms with Crippen LogP contribution in [0, 0.1) is 5.92 Å². The maximum absolute atomic E-state index is 10.9. The normalized spacial score (nSPS) is 25.4. The zero-order chi connectivity index (χ0) is 9.97. The van der Waals surface area contributed by atoms with Crippen LogP contribution in [0.5, 0.6) is 0 Å². The van der Waals surface area contributed by atoms with E-state index in [2.05, 4.69) is 10.3 Å². The van der Waals surface area contributed by atoms with Gasteiger partial charge in [0.15, 0.2) is 0 Å². The smallest absolute Gasteiger partial charge is 0.226 e. The van der Waals surface area contributed by atoms with Crippen molar-refractivity contribution >= 4 is 17.7 Å². The maximum Gasteiger partial charge on any atom is 0.226 e. The van der Waals surface area contributed by atoms with E-state index < -0.39 is 0 Å². The maximum atomic E-state index is 10.9. The Kier molecular flexibility index (Phi) is 2.72. The summed E-state index contributed by atoms with van der Waals surface area (Å²) in [6.45, 7) is 1.95. The van der Waals surface area contributed by atoms with Gasteiger partial charge in [0.1, 0.15) is 0 Å². The standard InChI is InChI=1S/C10H12N2OS/c1-7-9(13)12-10(7)14-6-8-4-2-3-5-11-8/h2-5,7,10H,6H2,1H3,(H,12,13). The van der Waals surface area contributed by atoms with Crippen LogP contribution in [0.15, 0.2) is 24.4 Å². The van der Waals surface area contributed by atoms with Gasteiger partial charge in [0.05, 0.1) is 17.0 Å². The molecule has 2 rings (SSSR count). The molecular weight excluding hydrogens is 196 g/mol. The third-order valence-corrected chi connectivity index (χ3v) is 3.64. The van der Waals surface area contributed by atoms with Gasteiger partial charge in [-0.25, -0.2) is 0 Å². The van der Waals surface area contributed by atoms with Crippen LogP contribution in [-0.4, -0.2) is 16.3 Å². The highest BCUT2D eigenvalue weighted by atomic mass is 32.2. The minimum absolute atomic E-state index is 0.142. The van der Waals surface area contributed by atoms with Gasteiger partial charge in [-0.3, -0.25) is 9.78 Å². The Bertz CT molecular complexity index is 328. The van der Waals surface area contributed by atoms with Gasteiger partial charge >= 0.3 is 0 Å². The Morgan fingerprint density at radius 3 is 3.00 bits per heavy atom. The monoisotopic (exact) mass is 208 g/mol. The van der Waals surface area contributed by atoms with Gasteiger partial charge in [-0.05, 0) is 12.1 Å². The number of β-lactam (4-membered cyclic amide) rings is 1. The van der Waals surface area contributed by atoms with Crippen LogP contribution < -0.4 is 5.32 Å². The largest absolute Gasteiger partial charge is 0.343 e. The molecule has 0 bridgehead atoms. The van der Waals surface area contributed by atoms with Crippen molar-refractivity contribution in [1.29, 1.82) is 0 Å². The van der Waals surface area contributed by atoms with Crippen molar-refractivity contribution in [2.75, 3.05) is 0 Å². The molecule has 0 aliphatic carbocycles. The molecule has 3 nitrogen and oxygen atoms in total. The van der Waals surface area contributed by atoms with Gasteiger partial charge in [-0.15, -0.1) is 11.8 Å². The summed E-state index contributed by atoms with van der Waals surface area (Å²) in [5, 5.41) is 3.13. The second-order valence-corrected chi connectivity index (χ2v) is 4.48. The van der Waals surface area contributed by atoms with Crippen LogP contribution in [0.25, 0.3) is 0 Å².